The van der Waals surface area contributed by atoms with E-state index in [4.69, 9.17) is 11.5 Å². The Hall–Kier alpha value is -3.99. The molecule has 0 aliphatic heterocycles. The van der Waals surface area contributed by atoms with E-state index in [1.807, 2.05) is 60.7 Å². The minimum absolute atomic E-state index is 0.149. The summed E-state index contributed by atoms with van der Waals surface area (Å²) >= 11 is 0. The van der Waals surface area contributed by atoms with Gasteiger partial charge in [0, 0.05) is 17.8 Å². The maximum Gasteiger partial charge on any atom is 0.352 e. The van der Waals surface area contributed by atoms with Crippen LogP contribution in [-0.4, -0.2) is 52.7 Å². The number of hydrogen-bond donors (Lipinski definition) is 5. The summed E-state index contributed by atoms with van der Waals surface area (Å²) in [5.41, 5.74) is 10.7. The summed E-state index contributed by atoms with van der Waals surface area (Å²) in [5, 5.41) is 26.3. The number of aliphatic carboxylic acids is 1. The van der Waals surface area contributed by atoms with Gasteiger partial charge >= 0.3 is 5.97 Å². The Morgan fingerprint density at radius 1 is 1.03 bits per heavy atom. The van der Waals surface area contributed by atoms with Gasteiger partial charge in [0.1, 0.15) is 0 Å². The van der Waals surface area contributed by atoms with E-state index in [0.29, 0.717) is 13.0 Å². The molecule has 0 fully saturated rings. The number of carbonyl (C=O) groups is 2. The van der Waals surface area contributed by atoms with Crippen LogP contribution in [0.25, 0.3) is 0 Å². The van der Waals surface area contributed by atoms with Crippen molar-refractivity contribution in [2.45, 2.75) is 43.8 Å². The SMILES string of the molecule is NC(N)=NC(CCC[N+](=O)[O-])(NC(=O)C(Cc1ccccc1)NCCCc1ccccc1)C(=O)O. The number of hydrogen-bond acceptors (Lipinski definition) is 6. The lowest BCUT2D eigenvalue weighted by Crippen LogP contribution is -2.59. The van der Waals surface area contributed by atoms with Crippen molar-refractivity contribution in [2.75, 3.05) is 13.1 Å². The first-order chi connectivity index (χ1) is 16.7. The average molecular weight is 485 g/mol. The highest BCUT2D eigenvalue weighted by atomic mass is 16.6. The van der Waals surface area contributed by atoms with Gasteiger partial charge in [-0.05, 0) is 36.9 Å². The van der Waals surface area contributed by atoms with Gasteiger partial charge in [0.2, 0.25) is 18.1 Å². The van der Waals surface area contributed by atoms with Crippen LogP contribution in [-0.2, 0) is 22.4 Å². The molecule has 2 aromatic carbocycles. The van der Waals surface area contributed by atoms with E-state index in [-0.39, 0.29) is 12.8 Å². The lowest BCUT2D eigenvalue weighted by Gasteiger charge is -2.29. The predicted octanol–water partition coefficient (Wildman–Crippen LogP) is 1.05. The molecule has 2 aromatic rings. The zero-order valence-corrected chi connectivity index (χ0v) is 19.4. The van der Waals surface area contributed by atoms with Crippen LogP contribution < -0.4 is 22.1 Å². The molecule has 2 rings (SSSR count). The molecule has 188 valence electrons. The molecule has 0 aliphatic carbocycles. The fraction of sp³-hybridized carbons (Fsp3) is 0.375. The van der Waals surface area contributed by atoms with Gasteiger partial charge in [0.25, 0.3) is 0 Å². The molecule has 0 radical (unpaired) electrons. The first kappa shape index (κ1) is 27.3. The Morgan fingerprint density at radius 2 is 1.63 bits per heavy atom. The van der Waals surface area contributed by atoms with Crippen molar-refractivity contribution in [3.8, 4) is 0 Å². The molecule has 2 atom stereocenters. The Labute approximate surface area is 203 Å². The molecular weight excluding hydrogens is 452 g/mol. The molecule has 11 heteroatoms. The van der Waals surface area contributed by atoms with Gasteiger partial charge in [-0.15, -0.1) is 0 Å². The maximum absolute atomic E-state index is 13.3. The van der Waals surface area contributed by atoms with E-state index in [1.165, 1.54) is 5.56 Å². The summed E-state index contributed by atoms with van der Waals surface area (Å²) in [6.07, 6.45) is 1.36. The first-order valence-corrected chi connectivity index (χ1v) is 11.3. The van der Waals surface area contributed by atoms with Crippen LogP contribution in [0.5, 0.6) is 0 Å². The molecule has 0 saturated heterocycles. The lowest BCUT2D eigenvalue weighted by molar-refractivity contribution is -0.480. The number of rotatable bonds is 15. The number of carboxylic acids is 1. The van der Waals surface area contributed by atoms with Crippen LogP contribution in [0.1, 0.15) is 30.4 Å². The van der Waals surface area contributed by atoms with Gasteiger partial charge in [0.05, 0.1) is 6.04 Å². The van der Waals surface area contributed by atoms with E-state index >= 15 is 0 Å². The molecular formula is C24H32N6O5. The summed E-state index contributed by atoms with van der Waals surface area (Å²) in [5.74, 6) is -2.68. The highest BCUT2D eigenvalue weighted by molar-refractivity contribution is 5.91. The number of aliphatic imine (C=N–C) groups is 1. The summed E-state index contributed by atoms with van der Waals surface area (Å²) in [7, 11) is 0. The summed E-state index contributed by atoms with van der Waals surface area (Å²) in [4.78, 5) is 39.4. The monoisotopic (exact) mass is 484 g/mol. The van der Waals surface area contributed by atoms with Crippen molar-refractivity contribution in [2.24, 2.45) is 16.5 Å². The first-order valence-electron chi connectivity index (χ1n) is 11.3. The van der Waals surface area contributed by atoms with Crippen LogP contribution in [0.2, 0.25) is 0 Å². The minimum atomic E-state index is -2.22. The second-order valence-electron chi connectivity index (χ2n) is 8.14. The van der Waals surface area contributed by atoms with Crippen LogP contribution in [0, 0.1) is 10.1 Å². The van der Waals surface area contributed by atoms with Crippen molar-refractivity contribution in [3.63, 3.8) is 0 Å². The highest BCUT2D eigenvalue weighted by Gasteiger charge is 2.41. The molecule has 0 aliphatic rings. The van der Waals surface area contributed by atoms with E-state index in [9.17, 15) is 24.8 Å². The van der Waals surface area contributed by atoms with E-state index in [1.54, 1.807) is 0 Å². The van der Waals surface area contributed by atoms with Crippen molar-refractivity contribution in [3.05, 3.63) is 81.9 Å². The van der Waals surface area contributed by atoms with E-state index < -0.39 is 41.0 Å². The molecule has 0 heterocycles. The van der Waals surface area contributed by atoms with Gasteiger partial charge < -0.3 is 27.2 Å². The average Bonchev–Trinajstić information content (AvgIpc) is 2.81. The normalized spacial score (nSPS) is 13.3. The van der Waals surface area contributed by atoms with Crippen molar-refractivity contribution in [1.29, 1.82) is 0 Å². The second-order valence-corrected chi connectivity index (χ2v) is 8.14. The number of nitrogens with one attached hydrogen (secondary N) is 2. The summed E-state index contributed by atoms with van der Waals surface area (Å²) < 4.78 is 0. The Bertz CT molecular complexity index is 998. The number of carboxylic acid groups (broad SMARTS) is 1. The van der Waals surface area contributed by atoms with Crippen LogP contribution in [0.15, 0.2) is 65.7 Å². The Balaban J connectivity index is 2.17. The van der Waals surface area contributed by atoms with Crippen molar-refractivity contribution >= 4 is 17.8 Å². The summed E-state index contributed by atoms with van der Waals surface area (Å²) in [6, 6.07) is 18.4. The van der Waals surface area contributed by atoms with Crippen LogP contribution in [0.3, 0.4) is 0 Å². The fourth-order valence-electron chi connectivity index (χ4n) is 3.65. The third-order valence-corrected chi connectivity index (χ3v) is 5.36. The molecule has 11 nitrogen and oxygen atoms in total. The minimum Gasteiger partial charge on any atom is -0.478 e. The third kappa shape index (κ3) is 9.41. The smallest absolute Gasteiger partial charge is 0.352 e. The van der Waals surface area contributed by atoms with Crippen LogP contribution in [0.4, 0.5) is 0 Å². The highest BCUT2D eigenvalue weighted by Crippen LogP contribution is 2.17. The molecule has 2 unspecified atom stereocenters. The van der Waals surface area contributed by atoms with Gasteiger partial charge in [-0.2, -0.15) is 0 Å². The molecule has 7 N–H and O–H groups in total. The van der Waals surface area contributed by atoms with Crippen LogP contribution >= 0.6 is 0 Å². The fourth-order valence-corrected chi connectivity index (χ4v) is 3.65. The third-order valence-electron chi connectivity index (χ3n) is 5.36. The number of benzene rings is 2. The van der Waals surface area contributed by atoms with Crippen molar-refractivity contribution < 1.29 is 19.6 Å². The predicted molar refractivity (Wildman–Crippen MR) is 132 cm³/mol. The molecule has 0 aromatic heterocycles. The van der Waals surface area contributed by atoms with Gasteiger partial charge in [-0.1, -0.05) is 60.7 Å². The van der Waals surface area contributed by atoms with Gasteiger partial charge in [-0.3, -0.25) is 14.9 Å². The number of guanidine groups is 1. The standard InChI is InChI=1S/C24H32N6O5/c25-23(26)29-24(22(32)33,14-8-16-30(34)35)28-21(31)20(17-19-11-5-2-6-12-19)27-15-7-13-18-9-3-1-4-10-18/h1-6,9-12,20,27H,7-8,13-17H2,(H,28,31)(H,32,33)(H4,25,26,29). The molecule has 1 amide bonds. The lowest BCUT2D eigenvalue weighted by atomic mass is 10.0. The number of nitrogens with zero attached hydrogens (tertiary/aromatic N) is 2. The zero-order valence-electron chi connectivity index (χ0n) is 19.4. The number of nitro groups is 1. The largest absolute Gasteiger partial charge is 0.478 e. The summed E-state index contributed by atoms with van der Waals surface area (Å²) in [6.45, 7) is 0.0135. The zero-order chi connectivity index (χ0) is 25.7. The number of nitrogens with two attached hydrogens (primary N) is 2. The molecule has 0 saturated carbocycles. The van der Waals surface area contributed by atoms with E-state index in [0.717, 1.165) is 18.4 Å². The van der Waals surface area contributed by atoms with Crippen molar-refractivity contribution in [1.82, 2.24) is 10.6 Å². The van der Waals surface area contributed by atoms with Gasteiger partial charge in [0.15, 0.2) is 5.96 Å². The topological polar surface area (TPSA) is 186 Å². The quantitative estimate of drug-likeness (QED) is 0.0815. The Kier molecular flexibility index (Phi) is 10.6. The number of aryl methyl sites for hydroxylation is 1. The van der Waals surface area contributed by atoms with Gasteiger partial charge in [-0.25, -0.2) is 9.79 Å². The molecule has 0 bridgehead atoms. The Morgan fingerprint density at radius 3 is 2.17 bits per heavy atom. The number of carbonyl (C=O) groups excluding carboxylic acids is 1. The molecule has 0 spiro atoms. The molecule has 35 heavy (non-hydrogen) atoms. The number of amides is 1. The maximum atomic E-state index is 13.3. The van der Waals surface area contributed by atoms with E-state index in [2.05, 4.69) is 15.6 Å². The second kappa shape index (κ2) is 13.7.